The first-order valence-electron chi connectivity index (χ1n) is 4.70. The summed E-state index contributed by atoms with van der Waals surface area (Å²) in [5, 5.41) is 2.55. The van der Waals surface area contributed by atoms with Gasteiger partial charge >= 0.3 is 12.1 Å². The van der Waals surface area contributed by atoms with Crippen LogP contribution in [0.15, 0.2) is 0 Å². The van der Waals surface area contributed by atoms with Gasteiger partial charge in [0.2, 0.25) is 0 Å². The van der Waals surface area contributed by atoms with E-state index in [1.807, 2.05) is 6.92 Å². The SMILES string of the molecule is CCC(CC(=O)OC)NC(=O)OCCCl. The van der Waals surface area contributed by atoms with Crippen molar-refractivity contribution in [3.63, 3.8) is 0 Å². The fourth-order valence-corrected chi connectivity index (χ4v) is 0.999. The highest BCUT2D eigenvalue weighted by Crippen LogP contribution is 1.99. The first kappa shape index (κ1) is 14.0. The van der Waals surface area contributed by atoms with Crippen molar-refractivity contribution < 1.29 is 19.1 Å². The average Bonchev–Trinajstić information content (AvgIpc) is 2.25. The molecule has 15 heavy (non-hydrogen) atoms. The molecule has 0 bridgehead atoms. The van der Waals surface area contributed by atoms with E-state index in [9.17, 15) is 9.59 Å². The van der Waals surface area contributed by atoms with Gasteiger partial charge in [0.15, 0.2) is 0 Å². The van der Waals surface area contributed by atoms with Gasteiger partial charge in [0.1, 0.15) is 6.61 Å². The molecule has 0 aliphatic rings. The summed E-state index contributed by atoms with van der Waals surface area (Å²) in [6.07, 6.45) is 0.208. The van der Waals surface area contributed by atoms with Crippen molar-refractivity contribution in [2.45, 2.75) is 25.8 Å². The molecule has 0 aliphatic heterocycles. The number of nitrogens with one attached hydrogen (secondary N) is 1. The number of hydrogen-bond donors (Lipinski definition) is 1. The van der Waals surface area contributed by atoms with Gasteiger partial charge in [-0.05, 0) is 6.42 Å². The lowest BCUT2D eigenvalue weighted by molar-refractivity contribution is -0.141. The second kappa shape index (κ2) is 8.35. The fraction of sp³-hybridized carbons (Fsp3) is 0.778. The van der Waals surface area contributed by atoms with Crippen LogP contribution in [-0.4, -0.2) is 37.7 Å². The van der Waals surface area contributed by atoms with Gasteiger partial charge in [0.25, 0.3) is 0 Å². The van der Waals surface area contributed by atoms with E-state index in [4.69, 9.17) is 16.3 Å². The molecule has 0 aromatic carbocycles. The van der Waals surface area contributed by atoms with E-state index >= 15 is 0 Å². The Balaban J connectivity index is 3.87. The number of carbonyl (C=O) groups is 2. The van der Waals surface area contributed by atoms with Crippen LogP contribution in [0.25, 0.3) is 0 Å². The number of alkyl carbamates (subject to hydrolysis) is 1. The first-order chi connectivity index (χ1) is 7.13. The Hall–Kier alpha value is -0.970. The average molecular weight is 238 g/mol. The van der Waals surface area contributed by atoms with E-state index in [2.05, 4.69) is 10.1 Å². The van der Waals surface area contributed by atoms with Gasteiger partial charge in [-0.2, -0.15) is 0 Å². The molecule has 6 heteroatoms. The van der Waals surface area contributed by atoms with Crippen LogP contribution in [-0.2, 0) is 14.3 Å². The number of amides is 1. The van der Waals surface area contributed by atoms with Gasteiger partial charge in [-0.3, -0.25) is 4.79 Å². The third-order valence-electron chi connectivity index (χ3n) is 1.77. The first-order valence-corrected chi connectivity index (χ1v) is 5.23. The lowest BCUT2D eigenvalue weighted by Gasteiger charge is -2.15. The summed E-state index contributed by atoms with van der Waals surface area (Å²) in [7, 11) is 1.31. The molecule has 5 nitrogen and oxygen atoms in total. The van der Waals surface area contributed by atoms with Gasteiger partial charge in [-0.15, -0.1) is 11.6 Å². The van der Waals surface area contributed by atoms with E-state index < -0.39 is 6.09 Å². The summed E-state index contributed by atoms with van der Waals surface area (Å²) in [5.74, 6) is -0.110. The largest absolute Gasteiger partial charge is 0.469 e. The van der Waals surface area contributed by atoms with Crippen molar-refractivity contribution in [3.05, 3.63) is 0 Å². The number of hydrogen-bond acceptors (Lipinski definition) is 4. The lowest BCUT2D eigenvalue weighted by Crippen LogP contribution is -2.36. The van der Waals surface area contributed by atoms with Gasteiger partial charge in [-0.1, -0.05) is 6.92 Å². The molecule has 0 heterocycles. The van der Waals surface area contributed by atoms with E-state index in [0.29, 0.717) is 6.42 Å². The van der Waals surface area contributed by atoms with Gasteiger partial charge in [0.05, 0.1) is 19.4 Å². The standard InChI is InChI=1S/C9H16ClNO4/c1-3-7(6-8(12)14-2)11-9(13)15-5-4-10/h7H,3-6H2,1-2H3,(H,11,13). The van der Waals surface area contributed by atoms with Gasteiger partial charge in [-0.25, -0.2) is 4.79 Å². The van der Waals surface area contributed by atoms with Crippen LogP contribution in [0.3, 0.4) is 0 Å². The van der Waals surface area contributed by atoms with Crippen LogP contribution in [0.5, 0.6) is 0 Å². The second-order valence-electron chi connectivity index (χ2n) is 2.85. The summed E-state index contributed by atoms with van der Waals surface area (Å²) in [4.78, 5) is 22.0. The van der Waals surface area contributed by atoms with Crippen LogP contribution in [0.4, 0.5) is 4.79 Å². The maximum absolute atomic E-state index is 11.1. The zero-order valence-electron chi connectivity index (χ0n) is 8.92. The second-order valence-corrected chi connectivity index (χ2v) is 3.23. The molecule has 0 fully saturated rings. The smallest absolute Gasteiger partial charge is 0.407 e. The minimum atomic E-state index is -0.564. The molecule has 1 unspecified atom stereocenters. The lowest BCUT2D eigenvalue weighted by atomic mass is 10.1. The molecular weight excluding hydrogens is 222 g/mol. The maximum atomic E-state index is 11.1. The monoisotopic (exact) mass is 237 g/mol. The topological polar surface area (TPSA) is 64.6 Å². The van der Waals surface area contributed by atoms with Crippen molar-refractivity contribution in [1.29, 1.82) is 0 Å². The van der Waals surface area contributed by atoms with Crippen molar-refractivity contribution in [1.82, 2.24) is 5.32 Å². The Morgan fingerprint density at radius 3 is 2.60 bits per heavy atom. The van der Waals surface area contributed by atoms with Crippen molar-refractivity contribution in [2.75, 3.05) is 19.6 Å². The van der Waals surface area contributed by atoms with Crippen LogP contribution in [0.1, 0.15) is 19.8 Å². The van der Waals surface area contributed by atoms with Crippen molar-refractivity contribution in [3.8, 4) is 0 Å². The highest BCUT2D eigenvalue weighted by Gasteiger charge is 2.15. The van der Waals surface area contributed by atoms with Crippen molar-refractivity contribution in [2.24, 2.45) is 0 Å². The fourth-order valence-electron chi connectivity index (χ4n) is 0.922. The molecule has 1 atom stereocenters. The van der Waals surface area contributed by atoms with Crippen LogP contribution in [0.2, 0.25) is 0 Å². The number of halogens is 1. The molecule has 0 aliphatic carbocycles. The Kier molecular flexibility index (Phi) is 7.81. The summed E-state index contributed by atoms with van der Waals surface area (Å²) >= 11 is 5.34. The molecule has 0 spiro atoms. The summed E-state index contributed by atoms with van der Waals surface area (Å²) < 4.78 is 9.20. The highest BCUT2D eigenvalue weighted by atomic mass is 35.5. The minimum Gasteiger partial charge on any atom is -0.469 e. The molecule has 88 valence electrons. The van der Waals surface area contributed by atoms with Crippen LogP contribution >= 0.6 is 11.6 Å². The predicted molar refractivity (Wildman–Crippen MR) is 55.9 cm³/mol. The van der Waals surface area contributed by atoms with E-state index in [0.717, 1.165) is 0 Å². The van der Waals surface area contributed by atoms with E-state index in [1.54, 1.807) is 0 Å². The third-order valence-corrected chi connectivity index (χ3v) is 1.92. The van der Waals surface area contributed by atoms with Gasteiger partial charge < -0.3 is 14.8 Å². The molecule has 0 aromatic rings. The Morgan fingerprint density at radius 2 is 2.13 bits per heavy atom. The van der Waals surface area contributed by atoms with E-state index in [1.165, 1.54) is 7.11 Å². The quantitative estimate of drug-likeness (QED) is 0.559. The molecule has 1 amide bonds. The highest BCUT2D eigenvalue weighted by molar-refractivity contribution is 6.18. The minimum absolute atomic E-state index is 0.142. The molecule has 0 rings (SSSR count). The molecular formula is C9H16ClNO4. The Bertz CT molecular complexity index is 210. The number of esters is 1. The number of alkyl halides is 1. The number of ether oxygens (including phenoxy) is 2. The van der Waals surface area contributed by atoms with Gasteiger partial charge in [0, 0.05) is 6.04 Å². The van der Waals surface area contributed by atoms with Crippen molar-refractivity contribution >= 4 is 23.7 Å². The van der Waals surface area contributed by atoms with Crippen LogP contribution in [0, 0.1) is 0 Å². The molecule has 0 saturated heterocycles. The maximum Gasteiger partial charge on any atom is 0.407 e. The normalized spacial score (nSPS) is 11.7. The summed E-state index contributed by atoms with van der Waals surface area (Å²) in [5.41, 5.74) is 0. The molecule has 0 aromatic heterocycles. The van der Waals surface area contributed by atoms with E-state index in [-0.39, 0.29) is 30.9 Å². The Labute approximate surface area is 94.1 Å². The third kappa shape index (κ3) is 7.02. The zero-order valence-corrected chi connectivity index (χ0v) is 9.67. The molecule has 0 saturated carbocycles. The molecule has 0 radical (unpaired) electrons. The Morgan fingerprint density at radius 1 is 1.47 bits per heavy atom. The summed E-state index contributed by atoms with van der Waals surface area (Å²) in [6, 6.07) is -0.264. The number of methoxy groups -OCH3 is 1. The predicted octanol–water partition coefficient (Wildman–Crippen LogP) is 1.29. The molecule has 1 N–H and O–H groups in total. The van der Waals surface area contributed by atoms with Crippen LogP contribution < -0.4 is 5.32 Å². The number of rotatable bonds is 6. The summed E-state index contributed by atoms with van der Waals surface area (Å²) in [6.45, 7) is 2.01. The zero-order chi connectivity index (χ0) is 11.7. The number of carbonyl (C=O) groups excluding carboxylic acids is 2.